The van der Waals surface area contributed by atoms with Gasteiger partial charge in [0.05, 0.1) is 20.3 Å². The Balaban J connectivity index is 1.34. The van der Waals surface area contributed by atoms with E-state index in [4.69, 9.17) is 14.2 Å². The van der Waals surface area contributed by atoms with Gasteiger partial charge in [-0.15, -0.1) is 10.2 Å². The number of methoxy groups -OCH3 is 1. The molecule has 2 aliphatic rings. The summed E-state index contributed by atoms with van der Waals surface area (Å²) in [4.78, 5) is 8.02. The van der Waals surface area contributed by atoms with Gasteiger partial charge in [0, 0.05) is 30.4 Å². The Morgan fingerprint density at radius 3 is 2.76 bits per heavy atom. The van der Waals surface area contributed by atoms with E-state index in [1.54, 1.807) is 14.0 Å². The van der Waals surface area contributed by atoms with Gasteiger partial charge < -0.3 is 19.5 Å². The van der Waals surface area contributed by atoms with Crippen molar-refractivity contribution in [3.05, 3.63) is 35.9 Å². The van der Waals surface area contributed by atoms with Crippen LogP contribution in [0.1, 0.15) is 49.9 Å². The first kappa shape index (κ1) is 22.6. The van der Waals surface area contributed by atoms with E-state index in [0.29, 0.717) is 11.4 Å². The third kappa shape index (κ3) is 4.46. The molecule has 0 radical (unpaired) electrons. The van der Waals surface area contributed by atoms with Gasteiger partial charge in [-0.25, -0.2) is 4.98 Å². The fourth-order valence-electron chi connectivity index (χ4n) is 4.42. The predicted octanol–water partition coefficient (Wildman–Crippen LogP) is 3.85. The first-order valence-electron chi connectivity index (χ1n) is 11.1. The first-order valence-corrected chi connectivity index (χ1v) is 11.1. The molecular weight excluding hydrogens is 453 g/mol. The van der Waals surface area contributed by atoms with E-state index >= 15 is 0 Å². The molecule has 1 N–H and O–H groups in total. The van der Waals surface area contributed by atoms with Gasteiger partial charge in [0.15, 0.2) is 11.2 Å². The van der Waals surface area contributed by atoms with E-state index in [2.05, 4.69) is 25.5 Å². The maximum atomic E-state index is 13.5. The van der Waals surface area contributed by atoms with Crippen LogP contribution in [0, 0.1) is 0 Å². The largest absolute Gasteiger partial charge is 0.497 e. The number of nitrogens with zero attached hydrogens (tertiary/aromatic N) is 5. The molecule has 2 fully saturated rings. The van der Waals surface area contributed by atoms with Crippen LogP contribution in [0.5, 0.6) is 11.6 Å². The van der Waals surface area contributed by atoms with Gasteiger partial charge >= 0.3 is 6.18 Å². The SMILES string of the molecule is COc1ccn2c([C@H]3CCC[C@@H](Nc4ncc(C(F)(F)F)c(OC5(C)COC5)n4)C3)nnc2c1. The molecule has 5 rings (SSSR count). The van der Waals surface area contributed by atoms with Crippen LogP contribution >= 0.6 is 0 Å². The fraction of sp³-hybridized carbons (Fsp3) is 0.545. The standard InChI is InChI=1S/C22H25F3N6O3/c1-21(11-33-12-21)34-19-16(22(23,24)25)10-26-20(28-19)27-14-5-3-4-13(8-14)18-30-29-17-9-15(32-2)6-7-31(17)18/h6-7,9-10,13-14H,3-5,8,11-12H2,1-2H3,(H,26,27,28)/t13-,14+/m0/s1. The molecule has 4 heterocycles. The van der Waals surface area contributed by atoms with Gasteiger partial charge in [-0.3, -0.25) is 4.40 Å². The van der Waals surface area contributed by atoms with E-state index in [9.17, 15) is 13.2 Å². The number of fused-ring (bicyclic) bond motifs is 1. The van der Waals surface area contributed by atoms with Crippen molar-refractivity contribution in [2.45, 2.75) is 56.3 Å². The number of ether oxygens (including phenoxy) is 3. The Hall–Kier alpha value is -3.15. The number of alkyl halides is 3. The second-order valence-corrected chi connectivity index (χ2v) is 9.01. The zero-order valence-corrected chi connectivity index (χ0v) is 18.8. The van der Waals surface area contributed by atoms with Crippen molar-refractivity contribution in [1.82, 2.24) is 24.6 Å². The number of hydrogen-bond acceptors (Lipinski definition) is 8. The lowest BCUT2D eigenvalue weighted by Gasteiger charge is -2.38. The molecule has 2 atom stereocenters. The van der Waals surface area contributed by atoms with Crippen LogP contribution in [0.25, 0.3) is 5.65 Å². The molecule has 0 spiro atoms. The number of pyridine rings is 1. The molecule has 3 aromatic heterocycles. The van der Waals surface area contributed by atoms with Crippen molar-refractivity contribution >= 4 is 11.6 Å². The second kappa shape index (κ2) is 8.57. The molecule has 0 unspecified atom stereocenters. The van der Waals surface area contributed by atoms with Gasteiger partial charge in [-0.05, 0) is 32.3 Å². The number of hydrogen-bond donors (Lipinski definition) is 1. The van der Waals surface area contributed by atoms with Crippen LogP contribution in [0.3, 0.4) is 0 Å². The summed E-state index contributed by atoms with van der Waals surface area (Å²) < 4.78 is 58.3. The first-order chi connectivity index (χ1) is 16.2. The molecule has 1 aliphatic carbocycles. The van der Waals surface area contributed by atoms with Crippen molar-refractivity contribution in [3.63, 3.8) is 0 Å². The minimum atomic E-state index is -4.62. The lowest BCUT2D eigenvalue weighted by Crippen LogP contribution is -2.52. The maximum Gasteiger partial charge on any atom is 0.423 e. The topological polar surface area (TPSA) is 95.7 Å². The summed E-state index contributed by atoms with van der Waals surface area (Å²) in [7, 11) is 1.60. The number of aromatic nitrogens is 5. The molecule has 1 saturated carbocycles. The summed E-state index contributed by atoms with van der Waals surface area (Å²) in [6.07, 6.45) is 1.45. The molecule has 0 amide bonds. The highest BCUT2D eigenvalue weighted by Crippen LogP contribution is 2.38. The Morgan fingerprint density at radius 2 is 2.06 bits per heavy atom. The zero-order valence-electron chi connectivity index (χ0n) is 18.8. The van der Waals surface area contributed by atoms with E-state index in [1.165, 1.54) is 0 Å². The van der Waals surface area contributed by atoms with Crippen molar-refractivity contribution in [2.24, 2.45) is 0 Å². The highest BCUT2D eigenvalue weighted by atomic mass is 19.4. The van der Waals surface area contributed by atoms with Crippen molar-refractivity contribution in [3.8, 4) is 11.6 Å². The number of rotatable bonds is 6. The van der Waals surface area contributed by atoms with Gasteiger partial charge in [0.2, 0.25) is 11.8 Å². The van der Waals surface area contributed by atoms with Gasteiger partial charge in [-0.1, -0.05) is 6.42 Å². The van der Waals surface area contributed by atoms with E-state index in [0.717, 1.165) is 37.7 Å². The average Bonchev–Trinajstić information content (AvgIpc) is 3.21. The predicted molar refractivity (Wildman–Crippen MR) is 115 cm³/mol. The third-order valence-electron chi connectivity index (χ3n) is 6.23. The number of anilines is 1. The van der Waals surface area contributed by atoms with Gasteiger partial charge in [0.1, 0.15) is 17.1 Å². The van der Waals surface area contributed by atoms with Crippen LogP contribution in [0.2, 0.25) is 0 Å². The zero-order chi connectivity index (χ0) is 23.9. The summed E-state index contributed by atoms with van der Waals surface area (Å²) in [5.41, 5.74) is -1.14. The van der Waals surface area contributed by atoms with E-state index < -0.39 is 23.2 Å². The fourth-order valence-corrected chi connectivity index (χ4v) is 4.42. The van der Waals surface area contributed by atoms with Crippen LogP contribution in [-0.4, -0.2) is 56.5 Å². The molecule has 12 heteroatoms. The molecule has 1 aliphatic heterocycles. The third-order valence-corrected chi connectivity index (χ3v) is 6.23. The summed E-state index contributed by atoms with van der Waals surface area (Å²) >= 11 is 0. The van der Waals surface area contributed by atoms with Crippen molar-refractivity contribution in [2.75, 3.05) is 25.6 Å². The smallest absolute Gasteiger partial charge is 0.423 e. The lowest BCUT2D eigenvalue weighted by molar-refractivity contribution is -0.162. The number of nitrogens with one attached hydrogen (secondary N) is 1. The van der Waals surface area contributed by atoms with Gasteiger partial charge in [-0.2, -0.15) is 18.2 Å². The molecule has 9 nitrogen and oxygen atoms in total. The van der Waals surface area contributed by atoms with Crippen LogP contribution in [-0.2, 0) is 10.9 Å². The van der Waals surface area contributed by atoms with E-state index in [1.807, 2.05) is 22.7 Å². The van der Waals surface area contributed by atoms with Gasteiger partial charge in [0.25, 0.3) is 0 Å². The van der Waals surface area contributed by atoms with Crippen molar-refractivity contribution in [1.29, 1.82) is 0 Å². The summed E-state index contributed by atoms with van der Waals surface area (Å²) in [6.45, 7) is 2.11. The van der Waals surface area contributed by atoms with Crippen LogP contribution < -0.4 is 14.8 Å². The van der Waals surface area contributed by atoms with E-state index in [-0.39, 0.29) is 31.1 Å². The summed E-state index contributed by atoms with van der Waals surface area (Å²) in [5.74, 6) is 1.30. The molecule has 0 bridgehead atoms. The van der Waals surface area contributed by atoms with Crippen molar-refractivity contribution < 1.29 is 27.4 Å². The second-order valence-electron chi connectivity index (χ2n) is 9.01. The lowest BCUT2D eigenvalue weighted by atomic mass is 9.85. The highest BCUT2D eigenvalue weighted by Gasteiger charge is 2.42. The Bertz CT molecular complexity index is 1180. The monoisotopic (exact) mass is 478 g/mol. The molecule has 34 heavy (non-hydrogen) atoms. The molecule has 1 saturated heterocycles. The Kier molecular flexibility index (Phi) is 5.70. The Morgan fingerprint density at radius 1 is 1.24 bits per heavy atom. The minimum Gasteiger partial charge on any atom is -0.497 e. The normalized spacial score (nSPS) is 22.3. The average molecular weight is 478 g/mol. The maximum absolute atomic E-state index is 13.5. The van der Waals surface area contributed by atoms with Crippen LogP contribution in [0.15, 0.2) is 24.5 Å². The quantitative estimate of drug-likeness (QED) is 0.571. The minimum absolute atomic E-state index is 0.0310. The summed E-state index contributed by atoms with van der Waals surface area (Å²) in [5, 5.41) is 11.8. The number of halogens is 3. The molecule has 182 valence electrons. The van der Waals surface area contributed by atoms with Crippen LogP contribution in [0.4, 0.5) is 19.1 Å². The molecule has 3 aromatic rings. The summed E-state index contributed by atoms with van der Waals surface area (Å²) in [6, 6.07) is 3.64. The highest BCUT2D eigenvalue weighted by molar-refractivity contribution is 5.44. The Labute approximate surface area is 193 Å². The molecule has 0 aromatic carbocycles. The molecular formula is C22H25F3N6O3.